The minimum atomic E-state index is -0.519. The van der Waals surface area contributed by atoms with Crippen LogP contribution in [0.3, 0.4) is 0 Å². The molecule has 8 nitrogen and oxygen atoms in total. The highest BCUT2D eigenvalue weighted by atomic mass is 16.2. The largest absolute Gasteiger partial charge is 0.339 e. The number of hydrogen-bond acceptors (Lipinski definition) is 4. The van der Waals surface area contributed by atoms with E-state index in [1.165, 1.54) is 6.08 Å². The van der Waals surface area contributed by atoms with Crippen molar-refractivity contribution in [3.63, 3.8) is 0 Å². The Bertz CT molecular complexity index is 814. The molecule has 28 heavy (non-hydrogen) atoms. The molecule has 148 valence electrons. The predicted molar refractivity (Wildman–Crippen MR) is 105 cm³/mol. The molecule has 1 aromatic carbocycles. The van der Waals surface area contributed by atoms with Crippen molar-refractivity contribution in [1.82, 2.24) is 10.2 Å². The number of benzene rings is 1. The van der Waals surface area contributed by atoms with Crippen molar-refractivity contribution in [3.05, 3.63) is 36.9 Å². The Morgan fingerprint density at radius 3 is 2.61 bits per heavy atom. The Kier molecular flexibility index (Phi) is 5.77. The molecule has 0 spiro atoms. The number of likely N-dealkylation sites (tertiary alicyclic amines) is 1. The number of carbonyl (C=O) groups is 4. The van der Waals surface area contributed by atoms with Crippen LogP contribution in [0.1, 0.15) is 26.2 Å². The molecule has 0 radical (unpaired) electrons. The third kappa shape index (κ3) is 3.90. The maximum atomic E-state index is 12.6. The number of hydrogen-bond donors (Lipinski definition) is 2. The van der Waals surface area contributed by atoms with Gasteiger partial charge in [-0.05, 0) is 43.5 Å². The fourth-order valence-corrected chi connectivity index (χ4v) is 3.51. The number of piperidine rings is 1. The molecule has 0 aromatic heterocycles. The Morgan fingerprint density at radius 2 is 2.00 bits per heavy atom. The van der Waals surface area contributed by atoms with Crippen molar-refractivity contribution >= 4 is 35.1 Å². The van der Waals surface area contributed by atoms with Gasteiger partial charge in [0.15, 0.2) is 0 Å². The average Bonchev–Trinajstić information content (AvgIpc) is 3.00. The fourth-order valence-electron chi connectivity index (χ4n) is 3.51. The molecule has 2 saturated heterocycles. The number of amides is 5. The van der Waals surface area contributed by atoms with E-state index in [-0.39, 0.29) is 23.6 Å². The van der Waals surface area contributed by atoms with Gasteiger partial charge >= 0.3 is 6.03 Å². The van der Waals surface area contributed by atoms with Crippen molar-refractivity contribution < 1.29 is 19.2 Å². The van der Waals surface area contributed by atoms with Gasteiger partial charge in [-0.15, -0.1) is 0 Å². The van der Waals surface area contributed by atoms with Crippen molar-refractivity contribution in [2.45, 2.75) is 32.2 Å². The third-order valence-corrected chi connectivity index (χ3v) is 5.15. The molecule has 0 saturated carbocycles. The first kappa shape index (κ1) is 19.6. The maximum absolute atomic E-state index is 12.6. The molecular weight excluding hydrogens is 360 g/mol. The van der Waals surface area contributed by atoms with Gasteiger partial charge < -0.3 is 15.5 Å². The van der Waals surface area contributed by atoms with Crippen LogP contribution < -0.4 is 15.5 Å². The van der Waals surface area contributed by atoms with E-state index in [1.807, 2.05) is 6.92 Å². The van der Waals surface area contributed by atoms with Gasteiger partial charge in [0, 0.05) is 24.7 Å². The van der Waals surface area contributed by atoms with Crippen molar-refractivity contribution in [2.24, 2.45) is 5.92 Å². The second kappa shape index (κ2) is 8.24. The summed E-state index contributed by atoms with van der Waals surface area (Å²) in [6, 6.07) is 5.70. The van der Waals surface area contributed by atoms with Gasteiger partial charge in [0.05, 0.1) is 5.69 Å². The van der Waals surface area contributed by atoms with Crippen LogP contribution in [0.5, 0.6) is 0 Å². The van der Waals surface area contributed by atoms with Gasteiger partial charge in [-0.1, -0.05) is 19.6 Å². The van der Waals surface area contributed by atoms with Crippen LogP contribution in [0, 0.1) is 5.92 Å². The van der Waals surface area contributed by atoms with Crippen molar-refractivity contribution in [1.29, 1.82) is 0 Å². The number of nitrogens with zero attached hydrogens (tertiary/aromatic N) is 2. The predicted octanol–water partition coefficient (Wildman–Crippen LogP) is 1.88. The van der Waals surface area contributed by atoms with Gasteiger partial charge in [-0.2, -0.15) is 0 Å². The summed E-state index contributed by atoms with van der Waals surface area (Å²) >= 11 is 0. The first-order valence-corrected chi connectivity index (χ1v) is 9.41. The molecule has 3 rings (SSSR count). The number of carbonyl (C=O) groups excluding carboxylic acids is 4. The zero-order valence-electron chi connectivity index (χ0n) is 15.8. The molecule has 2 aliphatic heterocycles. The summed E-state index contributed by atoms with van der Waals surface area (Å²) in [7, 11) is 0. The summed E-state index contributed by atoms with van der Waals surface area (Å²) in [6.45, 7) is 6.35. The fraction of sp³-hybridized carbons (Fsp3) is 0.400. The highest BCUT2D eigenvalue weighted by molar-refractivity contribution is 6.21. The summed E-state index contributed by atoms with van der Waals surface area (Å²) < 4.78 is 0. The van der Waals surface area contributed by atoms with Crippen LogP contribution in [0.4, 0.5) is 16.2 Å². The van der Waals surface area contributed by atoms with E-state index in [4.69, 9.17) is 0 Å². The van der Waals surface area contributed by atoms with Gasteiger partial charge in [-0.25, -0.2) is 9.69 Å². The number of urea groups is 1. The lowest BCUT2D eigenvalue weighted by Gasteiger charge is -2.30. The standard InChI is InChI=1S/C20H24N4O4/c1-3-16-19(27)24(20(28)22-16)15-7-5-6-14(12-15)21-18(26)13-8-10-23(11-9-13)17(25)4-2/h4-7,12-13,16H,2-3,8-11H2,1H3,(H,21,26)(H,22,28). The van der Waals surface area contributed by atoms with Crippen LogP contribution in [-0.4, -0.2) is 47.8 Å². The third-order valence-electron chi connectivity index (χ3n) is 5.15. The summed E-state index contributed by atoms with van der Waals surface area (Å²) in [5.74, 6) is -0.745. The average molecular weight is 384 g/mol. The minimum Gasteiger partial charge on any atom is -0.339 e. The van der Waals surface area contributed by atoms with Gasteiger partial charge in [0.1, 0.15) is 6.04 Å². The summed E-state index contributed by atoms with van der Waals surface area (Å²) in [5.41, 5.74) is 0.940. The van der Waals surface area contributed by atoms with Gasteiger partial charge in [-0.3, -0.25) is 14.4 Å². The molecule has 1 unspecified atom stereocenters. The first-order chi connectivity index (χ1) is 13.4. The number of nitrogens with one attached hydrogen (secondary N) is 2. The minimum absolute atomic E-state index is 0.120. The molecule has 0 bridgehead atoms. The normalized spacial score (nSPS) is 20.1. The number of rotatable bonds is 5. The first-order valence-electron chi connectivity index (χ1n) is 9.41. The van der Waals surface area contributed by atoms with Gasteiger partial charge in [0.2, 0.25) is 11.8 Å². The lowest BCUT2D eigenvalue weighted by atomic mass is 9.95. The van der Waals surface area contributed by atoms with Gasteiger partial charge in [0.25, 0.3) is 5.91 Å². The maximum Gasteiger partial charge on any atom is 0.329 e. The van der Waals surface area contributed by atoms with E-state index in [1.54, 1.807) is 29.2 Å². The van der Waals surface area contributed by atoms with E-state index < -0.39 is 12.1 Å². The Balaban J connectivity index is 1.64. The molecule has 1 atom stereocenters. The van der Waals surface area contributed by atoms with Crippen LogP contribution in [0.25, 0.3) is 0 Å². The molecule has 2 N–H and O–H groups in total. The Hall–Kier alpha value is -3.16. The molecule has 2 fully saturated rings. The Labute approximate surface area is 163 Å². The lowest BCUT2D eigenvalue weighted by Crippen LogP contribution is -2.40. The van der Waals surface area contributed by atoms with Crippen molar-refractivity contribution in [2.75, 3.05) is 23.3 Å². The summed E-state index contributed by atoms with van der Waals surface area (Å²) in [5, 5.41) is 5.50. The zero-order chi connectivity index (χ0) is 20.3. The highest BCUT2D eigenvalue weighted by Crippen LogP contribution is 2.25. The van der Waals surface area contributed by atoms with Crippen molar-refractivity contribution in [3.8, 4) is 0 Å². The molecule has 8 heteroatoms. The van der Waals surface area contributed by atoms with E-state index in [2.05, 4.69) is 17.2 Å². The second-order valence-electron chi connectivity index (χ2n) is 6.93. The molecule has 5 amide bonds. The molecule has 1 aromatic rings. The highest BCUT2D eigenvalue weighted by Gasteiger charge is 2.38. The molecule has 0 aliphatic carbocycles. The molecule has 2 heterocycles. The quantitative estimate of drug-likeness (QED) is 0.598. The van der Waals surface area contributed by atoms with Crippen LogP contribution >= 0.6 is 0 Å². The van der Waals surface area contributed by atoms with Crippen LogP contribution in [0.15, 0.2) is 36.9 Å². The van der Waals surface area contributed by atoms with E-state index in [0.717, 1.165) is 4.90 Å². The summed E-state index contributed by atoms with van der Waals surface area (Å²) in [6.07, 6.45) is 2.96. The zero-order valence-corrected chi connectivity index (χ0v) is 15.8. The molecule has 2 aliphatic rings. The SMILES string of the molecule is C=CC(=O)N1CCC(C(=O)Nc2cccc(N3C(=O)NC(CC)C3=O)c2)CC1. The monoisotopic (exact) mass is 384 g/mol. The topological polar surface area (TPSA) is 98.8 Å². The number of imide groups is 1. The lowest BCUT2D eigenvalue weighted by molar-refractivity contribution is -0.130. The van der Waals surface area contributed by atoms with E-state index >= 15 is 0 Å². The van der Waals surface area contributed by atoms with Crippen LogP contribution in [0.2, 0.25) is 0 Å². The van der Waals surface area contributed by atoms with Crippen LogP contribution in [-0.2, 0) is 14.4 Å². The second-order valence-corrected chi connectivity index (χ2v) is 6.93. The molecular formula is C20H24N4O4. The van der Waals surface area contributed by atoms with E-state index in [0.29, 0.717) is 43.7 Å². The Morgan fingerprint density at radius 1 is 1.29 bits per heavy atom. The number of anilines is 2. The summed E-state index contributed by atoms with van der Waals surface area (Å²) in [4.78, 5) is 51.5. The van der Waals surface area contributed by atoms with E-state index in [9.17, 15) is 19.2 Å². The smallest absolute Gasteiger partial charge is 0.329 e.